The standard InChI is InChI=1S/C36H48N2O7S/c1-24(2)20-22-46(42,43)38-34(40)30-18-17-29(23-31(30)45-25(3)4)27-15-13-26(14-16-27)19-21-44-35(41)37-33(36(5,6)7)32(39)28-11-9-8-10-12-28/h8-18,23-25,32-33,39H,19-22H2,1-7H3,(H,37,41)(H,38,40)/t32-,33?/m1/s1. The van der Waals surface area contributed by atoms with E-state index in [1.54, 1.807) is 18.2 Å². The molecule has 9 nitrogen and oxygen atoms in total. The van der Waals surface area contributed by atoms with E-state index in [4.69, 9.17) is 9.47 Å². The van der Waals surface area contributed by atoms with Crippen LogP contribution < -0.4 is 14.8 Å². The summed E-state index contributed by atoms with van der Waals surface area (Å²) in [7, 11) is -3.78. The van der Waals surface area contributed by atoms with Gasteiger partial charge < -0.3 is 19.9 Å². The first-order valence-corrected chi connectivity index (χ1v) is 17.3. The van der Waals surface area contributed by atoms with Gasteiger partial charge in [0.25, 0.3) is 5.91 Å². The number of amides is 2. The fourth-order valence-electron chi connectivity index (χ4n) is 4.78. The van der Waals surface area contributed by atoms with Gasteiger partial charge in [-0.1, -0.05) is 95.3 Å². The Balaban J connectivity index is 1.64. The van der Waals surface area contributed by atoms with Gasteiger partial charge in [-0.2, -0.15) is 0 Å². The van der Waals surface area contributed by atoms with Crippen molar-refractivity contribution < 1.29 is 32.6 Å². The third-order valence-electron chi connectivity index (χ3n) is 7.38. The topological polar surface area (TPSA) is 131 Å². The zero-order chi connectivity index (χ0) is 34.1. The highest BCUT2D eigenvalue weighted by molar-refractivity contribution is 7.90. The Hall–Kier alpha value is -3.89. The summed E-state index contributed by atoms with van der Waals surface area (Å²) in [5, 5.41) is 13.8. The van der Waals surface area contributed by atoms with Crippen molar-refractivity contribution in [1.82, 2.24) is 10.0 Å². The number of aliphatic hydroxyl groups excluding tert-OH is 1. The number of sulfonamides is 1. The highest BCUT2D eigenvalue weighted by atomic mass is 32.2. The molecule has 0 fully saturated rings. The Morgan fingerprint density at radius 2 is 1.52 bits per heavy atom. The lowest BCUT2D eigenvalue weighted by Gasteiger charge is -2.35. The zero-order valence-electron chi connectivity index (χ0n) is 27.9. The average Bonchev–Trinajstić information content (AvgIpc) is 2.98. The van der Waals surface area contributed by atoms with Gasteiger partial charge in [0.1, 0.15) is 5.75 Å². The molecule has 46 heavy (non-hydrogen) atoms. The largest absolute Gasteiger partial charge is 0.490 e. The number of hydrogen-bond donors (Lipinski definition) is 3. The highest BCUT2D eigenvalue weighted by Crippen LogP contribution is 2.31. The van der Waals surface area contributed by atoms with E-state index in [0.29, 0.717) is 24.2 Å². The summed E-state index contributed by atoms with van der Waals surface area (Å²) in [4.78, 5) is 25.6. The molecule has 2 amide bonds. The second-order valence-electron chi connectivity index (χ2n) is 13.2. The Bertz CT molecular complexity index is 1550. The molecule has 0 bridgehead atoms. The van der Waals surface area contributed by atoms with Crippen molar-refractivity contribution in [1.29, 1.82) is 0 Å². The van der Waals surface area contributed by atoms with Crippen molar-refractivity contribution >= 4 is 22.0 Å². The zero-order valence-corrected chi connectivity index (χ0v) is 28.7. The van der Waals surface area contributed by atoms with Crippen molar-refractivity contribution in [2.24, 2.45) is 11.3 Å². The van der Waals surface area contributed by atoms with Crippen molar-refractivity contribution in [2.45, 2.75) is 79.6 Å². The number of nitrogens with one attached hydrogen (secondary N) is 2. The van der Waals surface area contributed by atoms with Gasteiger partial charge >= 0.3 is 6.09 Å². The van der Waals surface area contributed by atoms with E-state index >= 15 is 0 Å². The molecule has 3 aromatic carbocycles. The lowest BCUT2D eigenvalue weighted by atomic mass is 9.81. The van der Waals surface area contributed by atoms with Crippen LogP contribution in [-0.2, 0) is 21.2 Å². The SMILES string of the molecule is CC(C)CCS(=O)(=O)NC(=O)c1ccc(-c2ccc(CCOC(=O)NC([C@H](O)c3ccccc3)C(C)(C)C)cc2)cc1OC(C)C. The predicted octanol–water partition coefficient (Wildman–Crippen LogP) is 6.66. The van der Waals surface area contributed by atoms with Gasteiger partial charge in [-0.3, -0.25) is 4.79 Å². The van der Waals surface area contributed by atoms with Gasteiger partial charge in [-0.25, -0.2) is 17.9 Å². The summed E-state index contributed by atoms with van der Waals surface area (Å²) >= 11 is 0. The van der Waals surface area contributed by atoms with Crippen molar-refractivity contribution in [2.75, 3.05) is 12.4 Å². The first-order valence-electron chi connectivity index (χ1n) is 15.7. The van der Waals surface area contributed by atoms with Gasteiger partial charge in [-0.15, -0.1) is 0 Å². The van der Waals surface area contributed by atoms with Crippen molar-refractivity contribution in [3.63, 3.8) is 0 Å². The minimum atomic E-state index is -3.78. The summed E-state index contributed by atoms with van der Waals surface area (Å²) in [6.45, 7) is 13.5. The summed E-state index contributed by atoms with van der Waals surface area (Å²) in [6, 6.07) is 21.4. The van der Waals surface area contributed by atoms with E-state index < -0.39 is 39.6 Å². The van der Waals surface area contributed by atoms with Crippen LogP contribution in [-0.4, -0.2) is 50.0 Å². The molecule has 0 saturated heterocycles. The molecule has 0 aliphatic rings. The molecule has 0 saturated carbocycles. The summed E-state index contributed by atoms with van der Waals surface area (Å²) < 4.78 is 38.4. The molecule has 250 valence electrons. The van der Waals surface area contributed by atoms with Crippen LogP contribution in [0.4, 0.5) is 4.79 Å². The van der Waals surface area contributed by atoms with E-state index in [1.807, 2.05) is 103 Å². The number of rotatable bonds is 14. The van der Waals surface area contributed by atoms with Gasteiger partial charge in [0.2, 0.25) is 10.0 Å². The Morgan fingerprint density at radius 3 is 2.11 bits per heavy atom. The normalized spacial score (nSPS) is 13.3. The number of hydrogen-bond acceptors (Lipinski definition) is 7. The van der Waals surface area contributed by atoms with E-state index in [1.165, 1.54) is 0 Å². The third-order valence-corrected chi connectivity index (χ3v) is 8.64. The molecule has 0 heterocycles. The van der Waals surface area contributed by atoms with Crippen LogP contribution in [0, 0.1) is 11.3 Å². The summed E-state index contributed by atoms with van der Waals surface area (Å²) in [5.74, 6) is -0.381. The quantitative estimate of drug-likeness (QED) is 0.177. The van der Waals surface area contributed by atoms with Crippen LogP contribution in [0.3, 0.4) is 0 Å². The maximum atomic E-state index is 12.9. The average molecular weight is 653 g/mol. The van der Waals surface area contributed by atoms with Crippen molar-refractivity contribution in [3.05, 3.63) is 89.5 Å². The second kappa shape index (κ2) is 16.1. The maximum Gasteiger partial charge on any atom is 0.407 e. The first kappa shape index (κ1) is 36.6. The molecule has 3 N–H and O–H groups in total. The molecular formula is C36H48N2O7S. The van der Waals surface area contributed by atoms with Gasteiger partial charge in [0.05, 0.1) is 36.2 Å². The molecule has 0 aliphatic carbocycles. The molecule has 0 radical (unpaired) electrons. The molecule has 0 aromatic heterocycles. The van der Waals surface area contributed by atoms with Crippen LogP contribution in [0.25, 0.3) is 11.1 Å². The maximum absolute atomic E-state index is 12.9. The monoisotopic (exact) mass is 652 g/mol. The summed E-state index contributed by atoms with van der Waals surface area (Å²) in [6.07, 6.45) is -0.788. The minimum absolute atomic E-state index is 0.133. The lowest BCUT2D eigenvalue weighted by Crippen LogP contribution is -2.48. The Morgan fingerprint density at radius 1 is 0.891 bits per heavy atom. The van der Waals surface area contributed by atoms with E-state index in [-0.39, 0.29) is 29.9 Å². The first-order chi connectivity index (χ1) is 21.6. The minimum Gasteiger partial charge on any atom is -0.490 e. The number of ether oxygens (including phenoxy) is 2. The Labute approximate surface area is 273 Å². The fourth-order valence-corrected chi connectivity index (χ4v) is 6.06. The van der Waals surface area contributed by atoms with Crippen LogP contribution in [0.5, 0.6) is 5.75 Å². The number of carbonyl (C=O) groups excluding carboxylic acids is 2. The van der Waals surface area contributed by atoms with Crippen molar-refractivity contribution in [3.8, 4) is 16.9 Å². The van der Waals surface area contributed by atoms with Crippen LogP contribution in [0.15, 0.2) is 72.8 Å². The van der Waals surface area contributed by atoms with E-state index in [0.717, 1.165) is 16.7 Å². The van der Waals surface area contributed by atoms with Gasteiger partial charge in [0.15, 0.2) is 0 Å². The smallest absolute Gasteiger partial charge is 0.407 e. The molecular weight excluding hydrogens is 604 g/mol. The molecule has 1 unspecified atom stereocenters. The number of carbonyl (C=O) groups is 2. The fraction of sp³-hybridized carbons (Fsp3) is 0.444. The molecule has 3 rings (SSSR count). The van der Waals surface area contributed by atoms with Crippen LogP contribution in [0.2, 0.25) is 0 Å². The van der Waals surface area contributed by atoms with Crippen LogP contribution >= 0.6 is 0 Å². The number of aliphatic hydroxyl groups is 1. The molecule has 0 aliphatic heterocycles. The van der Waals surface area contributed by atoms with Gasteiger partial charge in [0, 0.05) is 6.42 Å². The Kier molecular flexibility index (Phi) is 12.8. The molecule has 2 atom stereocenters. The highest BCUT2D eigenvalue weighted by Gasteiger charge is 2.34. The predicted molar refractivity (Wildman–Crippen MR) is 181 cm³/mol. The summed E-state index contributed by atoms with van der Waals surface area (Å²) in [5.41, 5.74) is 3.06. The van der Waals surface area contributed by atoms with E-state index in [2.05, 4.69) is 10.0 Å². The molecule has 0 spiro atoms. The number of alkyl carbamates (subject to hydrolysis) is 1. The second-order valence-corrected chi connectivity index (χ2v) is 15.1. The van der Waals surface area contributed by atoms with E-state index in [9.17, 15) is 23.1 Å². The number of benzene rings is 3. The van der Waals surface area contributed by atoms with Crippen LogP contribution in [0.1, 0.15) is 82.5 Å². The van der Waals surface area contributed by atoms with Gasteiger partial charge in [-0.05, 0) is 66.0 Å². The third kappa shape index (κ3) is 11.2. The lowest BCUT2D eigenvalue weighted by molar-refractivity contribution is 0.0613. The molecule has 3 aromatic rings. The molecule has 10 heteroatoms.